The minimum atomic E-state index is 0.0688. The van der Waals surface area contributed by atoms with Crippen molar-refractivity contribution in [2.24, 2.45) is 5.92 Å². The van der Waals surface area contributed by atoms with Gasteiger partial charge in [-0.3, -0.25) is 0 Å². The molecule has 3 atom stereocenters. The zero-order chi connectivity index (χ0) is 10.4. The van der Waals surface area contributed by atoms with Crippen molar-refractivity contribution in [1.29, 1.82) is 0 Å². The van der Waals surface area contributed by atoms with Crippen LogP contribution >= 0.6 is 0 Å². The van der Waals surface area contributed by atoms with Crippen LogP contribution in [0.3, 0.4) is 0 Å². The maximum atomic E-state index is 5.95. The molecular weight excluding hydrogens is 176 g/mol. The van der Waals surface area contributed by atoms with Crippen LogP contribution in [0.4, 0.5) is 0 Å². The molecule has 3 unspecified atom stereocenters. The maximum absolute atomic E-state index is 5.95. The Hall–Kier alpha value is -0.0800. The van der Waals surface area contributed by atoms with E-state index in [1.54, 1.807) is 0 Å². The molecule has 0 aromatic heterocycles. The van der Waals surface area contributed by atoms with Gasteiger partial charge in [0.15, 0.2) is 6.29 Å². The van der Waals surface area contributed by atoms with Crippen LogP contribution in [0, 0.1) is 5.92 Å². The van der Waals surface area contributed by atoms with Gasteiger partial charge in [-0.15, -0.1) is 0 Å². The van der Waals surface area contributed by atoms with Crippen molar-refractivity contribution in [1.82, 2.24) is 0 Å². The van der Waals surface area contributed by atoms with Crippen LogP contribution in [0.15, 0.2) is 0 Å². The van der Waals surface area contributed by atoms with Gasteiger partial charge in [-0.05, 0) is 19.3 Å². The van der Waals surface area contributed by atoms with Crippen LogP contribution in [0.1, 0.15) is 52.9 Å². The molecule has 0 aromatic carbocycles. The normalized spacial score (nSPS) is 33.2. The predicted molar refractivity (Wildman–Crippen MR) is 58.2 cm³/mol. The van der Waals surface area contributed by atoms with Gasteiger partial charge in [0.1, 0.15) is 0 Å². The average Bonchev–Trinajstić information content (AvgIpc) is 2.19. The highest BCUT2D eigenvalue weighted by molar-refractivity contribution is 4.73. The van der Waals surface area contributed by atoms with Gasteiger partial charge < -0.3 is 9.47 Å². The molecule has 0 radical (unpaired) electrons. The molecule has 2 nitrogen and oxygen atoms in total. The summed E-state index contributed by atoms with van der Waals surface area (Å²) in [6.45, 7) is 7.51. The lowest BCUT2D eigenvalue weighted by atomic mass is 9.95. The number of ether oxygens (including phenoxy) is 2. The van der Waals surface area contributed by atoms with E-state index in [0.717, 1.165) is 19.4 Å². The third-order valence-electron chi connectivity index (χ3n) is 2.97. The van der Waals surface area contributed by atoms with E-state index >= 15 is 0 Å². The van der Waals surface area contributed by atoms with Gasteiger partial charge in [0.25, 0.3) is 0 Å². The molecule has 1 fully saturated rings. The SMILES string of the molecule is CCCC1OCC(CC)C(CCC)O1. The molecule has 1 aliphatic heterocycles. The van der Waals surface area contributed by atoms with E-state index in [9.17, 15) is 0 Å². The minimum absolute atomic E-state index is 0.0688. The molecule has 0 spiro atoms. The van der Waals surface area contributed by atoms with Gasteiger partial charge >= 0.3 is 0 Å². The summed E-state index contributed by atoms with van der Waals surface area (Å²) in [5.74, 6) is 0.614. The molecule has 1 aliphatic rings. The van der Waals surface area contributed by atoms with Gasteiger partial charge in [0.2, 0.25) is 0 Å². The predicted octanol–water partition coefficient (Wildman–Crippen LogP) is 3.35. The molecule has 0 aliphatic carbocycles. The summed E-state index contributed by atoms with van der Waals surface area (Å²) in [7, 11) is 0. The van der Waals surface area contributed by atoms with E-state index in [-0.39, 0.29) is 6.29 Å². The van der Waals surface area contributed by atoms with Crippen LogP contribution in [-0.2, 0) is 9.47 Å². The van der Waals surface area contributed by atoms with Crippen LogP contribution in [0.2, 0.25) is 0 Å². The Morgan fingerprint density at radius 2 is 1.79 bits per heavy atom. The Kier molecular flexibility index (Phi) is 5.49. The fourth-order valence-electron chi connectivity index (χ4n) is 2.04. The largest absolute Gasteiger partial charge is 0.352 e. The lowest BCUT2D eigenvalue weighted by Crippen LogP contribution is -2.39. The fraction of sp³-hybridized carbons (Fsp3) is 1.00. The second kappa shape index (κ2) is 6.41. The highest BCUT2D eigenvalue weighted by Crippen LogP contribution is 2.26. The Morgan fingerprint density at radius 3 is 2.36 bits per heavy atom. The van der Waals surface area contributed by atoms with E-state index in [1.807, 2.05) is 0 Å². The van der Waals surface area contributed by atoms with Crippen molar-refractivity contribution < 1.29 is 9.47 Å². The topological polar surface area (TPSA) is 18.5 Å². The molecule has 84 valence electrons. The van der Waals surface area contributed by atoms with Crippen molar-refractivity contribution in [3.63, 3.8) is 0 Å². The first-order valence-corrected chi connectivity index (χ1v) is 6.08. The van der Waals surface area contributed by atoms with Gasteiger partial charge in [-0.2, -0.15) is 0 Å². The first kappa shape index (κ1) is 12.0. The van der Waals surface area contributed by atoms with Crippen molar-refractivity contribution in [2.45, 2.75) is 65.3 Å². The van der Waals surface area contributed by atoms with E-state index in [1.165, 1.54) is 19.3 Å². The molecule has 0 saturated carbocycles. The molecular formula is C12H24O2. The summed E-state index contributed by atoms with van der Waals surface area (Å²) in [5, 5.41) is 0. The third-order valence-corrected chi connectivity index (χ3v) is 2.97. The molecule has 2 heteroatoms. The smallest absolute Gasteiger partial charge is 0.157 e. The highest BCUT2D eigenvalue weighted by Gasteiger charge is 2.29. The van der Waals surface area contributed by atoms with E-state index in [0.29, 0.717) is 12.0 Å². The Bertz CT molecular complexity index is 147. The van der Waals surface area contributed by atoms with Crippen molar-refractivity contribution in [3.05, 3.63) is 0 Å². The molecule has 0 bridgehead atoms. The standard InChI is InChI=1S/C12H24O2/c1-4-7-11-10(6-3)9-13-12(14-11)8-5-2/h10-12H,4-9H2,1-3H3. The Balaban J connectivity index is 2.39. The summed E-state index contributed by atoms with van der Waals surface area (Å²) in [6.07, 6.45) is 6.25. The van der Waals surface area contributed by atoms with E-state index in [2.05, 4.69) is 20.8 Å². The second-order valence-electron chi connectivity index (χ2n) is 4.18. The quantitative estimate of drug-likeness (QED) is 0.677. The maximum Gasteiger partial charge on any atom is 0.157 e. The molecule has 0 N–H and O–H groups in total. The van der Waals surface area contributed by atoms with Crippen LogP contribution in [-0.4, -0.2) is 19.0 Å². The lowest BCUT2D eigenvalue weighted by molar-refractivity contribution is -0.240. The van der Waals surface area contributed by atoms with Crippen LogP contribution in [0.25, 0.3) is 0 Å². The summed E-state index contributed by atoms with van der Waals surface area (Å²) >= 11 is 0. The molecule has 1 rings (SSSR count). The monoisotopic (exact) mass is 200 g/mol. The van der Waals surface area contributed by atoms with Gasteiger partial charge in [-0.25, -0.2) is 0 Å². The lowest BCUT2D eigenvalue weighted by Gasteiger charge is -2.36. The number of rotatable bonds is 5. The number of hydrogen-bond donors (Lipinski definition) is 0. The van der Waals surface area contributed by atoms with E-state index in [4.69, 9.17) is 9.47 Å². The Morgan fingerprint density at radius 1 is 1.07 bits per heavy atom. The molecule has 1 heterocycles. The summed E-state index contributed by atoms with van der Waals surface area (Å²) in [6, 6.07) is 0. The molecule has 1 saturated heterocycles. The summed E-state index contributed by atoms with van der Waals surface area (Å²) in [4.78, 5) is 0. The summed E-state index contributed by atoms with van der Waals surface area (Å²) in [5.41, 5.74) is 0. The summed E-state index contributed by atoms with van der Waals surface area (Å²) < 4.78 is 11.6. The number of hydrogen-bond acceptors (Lipinski definition) is 2. The zero-order valence-corrected chi connectivity index (χ0v) is 9.79. The van der Waals surface area contributed by atoms with Crippen LogP contribution in [0.5, 0.6) is 0 Å². The van der Waals surface area contributed by atoms with Crippen LogP contribution < -0.4 is 0 Å². The molecule has 14 heavy (non-hydrogen) atoms. The first-order chi connectivity index (χ1) is 6.81. The second-order valence-corrected chi connectivity index (χ2v) is 4.18. The zero-order valence-electron chi connectivity index (χ0n) is 9.79. The van der Waals surface area contributed by atoms with E-state index < -0.39 is 0 Å². The average molecular weight is 200 g/mol. The highest BCUT2D eigenvalue weighted by atomic mass is 16.7. The Labute approximate surface area is 88.0 Å². The fourth-order valence-corrected chi connectivity index (χ4v) is 2.04. The van der Waals surface area contributed by atoms with Crippen molar-refractivity contribution in [3.8, 4) is 0 Å². The van der Waals surface area contributed by atoms with Gasteiger partial charge in [-0.1, -0.05) is 33.6 Å². The third kappa shape index (κ3) is 3.25. The molecule has 0 aromatic rings. The van der Waals surface area contributed by atoms with Gasteiger partial charge in [0, 0.05) is 5.92 Å². The minimum Gasteiger partial charge on any atom is -0.352 e. The first-order valence-electron chi connectivity index (χ1n) is 6.08. The molecule has 0 amide bonds. The van der Waals surface area contributed by atoms with Crippen molar-refractivity contribution in [2.75, 3.05) is 6.61 Å². The van der Waals surface area contributed by atoms with Crippen molar-refractivity contribution >= 4 is 0 Å². The van der Waals surface area contributed by atoms with Gasteiger partial charge in [0.05, 0.1) is 12.7 Å².